The molecular weight excluding hydrogens is 338 g/mol. The SMILES string of the molecule is CC(C)(C)C(C(=O)O)C(C(=O)S)(c1nc2ccccc2o1)C(C)(C)C. The van der Waals surface area contributed by atoms with E-state index >= 15 is 0 Å². The Morgan fingerprint density at radius 2 is 1.68 bits per heavy atom. The van der Waals surface area contributed by atoms with Gasteiger partial charge in [-0.15, -0.1) is 12.6 Å². The van der Waals surface area contributed by atoms with Gasteiger partial charge in [0.1, 0.15) is 10.9 Å². The van der Waals surface area contributed by atoms with Crippen molar-refractivity contribution in [2.24, 2.45) is 16.7 Å². The molecule has 6 heteroatoms. The molecule has 1 aromatic heterocycles. The van der Waals surface area contributed by atoms with Crippen LogP contribution in [0.2, 0.25) is 0 Å². The molecule has 0 aliphatic heterocycles. The molecule has 0 aliphatic rings. The third kappa shape index (κ3) is 3.08. The van der Waals surface area contributed by atoms with Crippen molar-refractivity contribution in [3.05, 3.63) is 30.2 Å². The van der Waals surface area contributed by atoms with Crippen LogP contribution in [0, 0.1) is 16.7 Å². The summed E-state index contributed by atoms with van der Waals surface area (Å²) >= 11 is 4.13. The van der Waals surface area contributed by atoms with E-state index in [1.165, 1.54) is 0 Å². The highest BCUT2D eigenvalue weighted by Crippen LogP contribution is 2.54. The Labute approximate surface area is 153 Å². The largest absolute Gasteiger partial charge is 0.481 e. The maximum absolute atomic E-state index is 12.9. The van der Waals surface area contributed by atoms with Crippen molar-refractivity contribution < 1.29 is 19.1 Å². The van der Waals surface area contributed by atoms with Crippen molar-refractivity contribution in [1.82, 2.24) is 4.98 Å². The van der Waals surface area contributed by atoms with E-state index in [2.05, 4.69) is 17.6 Å². The van der Waals surface area contributed by atoms with Crippen LogP contribution in [0.5, 0.6) is 0 Å². The Kier molecular flexibility index (Phi) is 4.81. The summed E-state index contributed by atoms with van der Waals surface area (Å²) in [5.41, 5.74) is -1.95. The molecule has 0 saturated heterocycles. The topological polar surface area (TPSA) is 80.4 Å². The quantitative estimate of drug-likeness (QED) is 0.791. The number of carbonyl (C=O) groups excluding carboxylic acids is 1. The number of nitrogens with zero attached hydrogens (tertiary/aromatic N) is 1. The van der Waals surface area contributed by atoms with Crippen LogP contribution in [0.25, 0.3) is 11.1 Å². The predicted octanol–water partition coefficient (Wildman–Crippen LogP) is 4.32. The molecule has 5 nitrogen and oxygen atoms in total. The number of para-hydroxylation sites is 2. The van der Waals surface area contributed by atoms with E-state index < -0.39 is 33.2 Å². The van der Waals surface area contributed by atoms with Crippen molar-refractivity contribution in [3.63, 3.8) is 0 Å². The molecule has 1 aromatic carbocycles. The second kappa shape index (κ2) is 6.16. The number of rotatable bonds is 4. The average Bonchev–Trinajstić information content (AvgIpc) is 2.84. The number of hydrogen-bond acceptors (Lipinski definition) is 4. The lowest BCUT2D eigenvalue weighted by molar-refractivity contribution is -0.157. The van der Waals surface area contributed by atoms with E-state index in [1.54, 1.807) is 39.0 Å². The van der Waals surface area contributed by atoms with E-state index in [-0.39, 0.29) is 5.89 Å². The number of carboxylic acid groups (broad SMARTS) is 1. The minimum absolute atomic E-state index is 0.100. The Morgan fingerprint density at radius 1 is 1.12 bits per heavy atom. The minimum atomic E-state index is -1.53. The van der Waals surface area contributed by atoms with Crippen LogP contribution >= 0.6 is 12.6 Å². The summed E-state index contributed by atoms with van der Waals surface area (Å²) in [5.74, 6) is -2.05. The van der Waals surface area contributed by atoms with Crippen LogP contribution in [-0.2, 0) is 15.0 Å². The maximum atomic E-state index is 12.9. The number of carboxylic acids is 1. The summed E-state index contributed by atoms with van der Waals surface area (Å²) in [6, 6.07) is 7.13. The van der Waals surface area contributed by atoms with Gasteiger partial charge < -0.3 is 9.52 Å². The second-order valence-electron chi connectivity index (χ2n) is 8.49. The Hall–Kier alpha value is -1.82. The smallest absolute Gasteiger partial charge is 0.308 e. The number of oxazole rings is 1. The summed E-state index contributed by atoms with van der Waals surface area (Å²) in [6.45, 7) is 10.8. The Morgan fingerprint density at radius 3 is 2.08 bits per heavy atom. The molecule has 2 aromatic rings. The van der Waals surface area contributed by atoms with Crippen molar-refractivity contribution in [2.45, 2.75) is 47.0 Å². The fourth-order valence-corrected chi connectivity index (χ4v) is 4.22. The number of aliphatic carboxylic acids is 1. The van der Waals surface area contributed by atoms with E-state index in [9.17, 15) is 14.7 Å². The summed E-state index contributed by atoms with van der Waals surface area (Å²) in [4.78, 5) is 29.7. The molecular formula is C19H25NO4S. The van der Waals surface area contributed by atoms with Gasteiger partial charge in [-0.1, -0.05) is 53.7 Å². The average molecular weight is 363 g/mol. The van der Waals surface area contributed by atoms with Crippen molar-refractivity contribution >= 4 is 34.8 Å². The number of benzene rings is 1. The standard InChI is InChI=1S/C19H25NO4S/c1-17(2,3)13(14(21)22)19(16(23)25,18(4,5)6)15-20-11-9-7-8-10-12(11)24-15/h7-10,13H,1-6H3,(H,21,22)(H,23,25). The van der Waals surface area contributed by atoms with E-state index in [4.69, 9.17) is 4.42 Å². The summed E-state index contributed by atoms with van der Waals surface area (Å²) < 4.78 is 5.90. The molecule has 2 rings (SSSR count). The third-order valence-electron chi connectivity index (χ3n) is 4.70. The van der Waals surface area contributed by atoms with Gasteiger partial charge in [-0.05, 0) is 23.0 Å². The monoisotopic (exact) mass is 363 g/mol. The number of carbonyl (C=O) groups is 2. The summed E-state index contributed by atoms with van der Waals surface area (Å²) in [6.07, 6.45) is 0. The van der Waals surface area contributed by atoms with Gasteiger partial charge in [-0.25, -0.2) is 4.98 Å². The molecule has 136 valence electrons. The van der Waals surface area contributed by atoms with Crippen molar-refractivity contribution in [3.8, 4) is 0 Å². The summed E-state index contributed by atoms with van der Waals surface area (Å²) in [5, 5.41) is 9.48. The van der Waals surface area contributed by atoms with Gasteiger partial charge in [-0.3, -0.25) is 9.59 Å². The lowest BCUT2D eigenvalue weighted by atomic mass is 9.54. The molecule has 0 radical (unpaired) electrons. The van der Waals surface area contributed by atoms with Gasteiger partial charge in [-0.2, -0.15) is 0 Å². The fourth-order valence-electron chi connectivity index (χ4n) is 3.66. The lowest BCUT2D eigenvalue weighted by Crippen LogP contribution is -2.58. The van der Waals surface area contributed by atoms with Crippen molar-refractivity contribution in [2.75, 3.05) is 0 Å². The number of aromatic nitrogens is 1. The fraction of sp³-hybridized carbons (Fsp3) is 0.526. The molecule has 0 spiro atoms. The Bertz CT molecular complexity index is 780. The molecule has 2 atom stereocenters. The first-order valence-electron chi connectivity index (χ1n) is 8.15. The molecule has 1 N–H and O–H groups in total. The van der Waals surface area contributed by atoms with E-state index in [0.29, 0.717) is 11.1 Å². The van der Waals surface area contributed by atoms with Crippen LogP contribution in [0.3, 0.4) is 0 Å². The molecule has 0 bridgehead atoms. The van der Waals surface area contributed by atoms with Gasteiger partial charge in [0.25, 0.3) is 0 Å². The lowest BCUT2D eigenvalue weighted by Gasteiger charge is -2.48. The predicted molar refractivity (Wildman–Crippen MR) is 99.7 cm³/mol. The Balaban J connectivity index is 2.93. The van der Waals surface area contributed by atoms with Crippen molar-refractivity contribution in [1.29, 1.82) is 0 Å². The van der Waals surface area contributed by atoms with E-state index in [1.807, 2.05) is 26.8 Å². The molecule has 1 heterocycles. The van der Waals surface area contributed by atoms with Gasteiger partial charge in [0.05, 0.1) is 5.92 Å². The number of thiol groups is 1. The van der Waals surface area contributed by atoms with Gasteiger partial charge in [0, 0.05) is 0 Å². The third-order valence-corrected chi connectivity index (χ3v) is 5.05. The highest BCUT2D eigenvalue weighted by atomic mass is 32.1. The first-order chi connectivity index (χ1) is 11.3. The van der Waals surface area contributed by atoms with Crippen LogP contribution in [-0.4, -0.2) is 21.2 Å². The first-order valence-corrected chi connectivity index (χ1v) is 8.60. The van der Waals surface area contributed by atoms with Crippen LogP contribution in [0.15, 0.2) is 28.7 Å². The number of fused-ring (bicyclic) bond motifs is 1. The second-order valence-corrected chi connectivity index (χ2v) is 8.89. The highest BCUT2D eigenvalue weighted by Gasteiger charge is 2.63. The normalized spacial score (nSPS) is 16.4. The highest BCUT2D eigenvalue weighted by molar-refractivity contribution is 7.96. The molecule has 0 amide bonds. The zero-order valence-corrected chi connectivity index (χ0v) is 16.3. The number of hydrogen-bond donors (Lipinski definition) is 2. The minimum Gasteiger partial charge on any atom is -0.481 e. The maximum Gasteiger partial charge on any atom is 0.308 e. The molecule has 25 heavy (non-hydrogen) atoms. The van der Waals surface area contributed by atoms with Gasteiger partial charge >= 0.3 is 5.97 Å². The van der Waals surface area contributed by atoms with Gasteiger partial charge in [0.2, 0.25) is 11.0 Å². The van der Waals surface area contributed by atoms with Crippen LogP contribution in [0.4, 0.5) is 0 Å². The first kappa shape index (κ1) is 19.5. The van der Waals surface area contributed by atoms with Crippen LogP contribution < -0.4 is 0 Å². The van der Waals surface area contributed by atoms with E-state index in [0.717, 1.165) is 0 Å². The molecule has 0 saturated carbocycles. The zero-order valence-electron chi connectivity index (χ0n) is 15.5. The molecule has 0 fully saturated rings. The molecule has 2 unspecified atom stereocenters. The van der Waals surface area contributed by atoms with Crippen LogP contribution in [0.1, 0.15) is 47.4 Å². The summed E-state index contributed by atoms with van der Waals surface area (Å²) in [7, 11) is 0. The molecule has 0 aliphatic carbocycles. The van der Waals surface area contributed by atoms with Gasteiger partial charge in [0.15, 0.2) is 5.58 Å². The zero-order chi connectivity index (χ0) is 19.2.